The molecule has 2 aromatic carbocycles. The van der Waals surface area contributed by atoms with E-state index in [0.717, 1.165) is 11.4 Å². The number of anilines is 2. The van der Waals surface area contributed by atoms with E-state index in [1.54, 1.807) is 12.1 Å². The summed E-state index contributed by atoms with van der Waals surface area (Å²) in [6.45, 7) is 4.10. The van der Waals surface area contributed by atoms with Crippen molar-refractivity contribution < 1.29 is 9.90 Å². The van der Waals surface area contributed by atoms with E-state index in [1.807, 2.05) is 25.1 Å². The largest absolute Gasteiger partial charge is 0.478 e. The highest BCUT2D eigenvalue weighted by Crippen LogP contribution is 2.15. The molecule has 0 unspecified atom stereocenters. The van der Waals surface area contributed by atoms with E-state index in [0.29, 0.717) is 5.11 Å². The summed E-state index contributed by atoms with van der Waals surface area (Å²) in [5.41, 5.74) is 4.31. The molecular formula is C16H16N2O2S. The summed E-state index contributed by atoms with van der Waals surface area (Å²) in [7, 11) is 0. The minimum absolute atomic E-state index is 0.244. The van der Waals surface area contributed by atoms with Gasteiger partial charge in [-0.1, -0.05) is 6.07 Å². The zero-order valence-electron chi connectivity index (χ0n) is 11.8. The molecule has 0 spiro atoms. The molecule has 0 aliphatic heterocycles. The molecule has 0 aliphatic rings. The third-order valence-electron chi connectivity index (χ3n) is 3.15. The van der Waals surface area contributed by atoms with E-state index < -0.39 is 5.97 Å². The summed E-state index contributed by atoms with van der Waals surface area (Å²) in [6, 6.07) is 12.4. The Balaban J connectivity index is 2.01. The van der Waals surface area contributed by atoms with E-state index >= 15 is 0 Å². The number of benzene rings is 2. The minimum Gasteiger partial charge on any atom is -0.478 e. The number of thiocarbonyl (C=S) groups is 1. The van der Waals surface area contributed by atoms with Crippen LogP contribution in [0.3, 0.4) is 0 Å². The van der Waals surface area contributed by atoms with E-state index in [4.69, 9.17) is 17.3 Å². The van der Waals surface area contributed by atoms with Gasteiger partial charge in [0.25, 0.3) is 0 Å². The molecule has 0 fully saturated rings. The van der Waals surface area contributed by atoms with Crippen LogP contribution >= 0.6 is 12.2 Å². The number of carbonyl (C=O) groups is 1. The van der Waals surface area contributed by atoms with Gasteiger partial charge in [0.05, 0.1) is 5.56 Å². The molecule has 0 saturated carbocycles. The third kappa shape index (κ3) is 4.03. The first-order valence-corrected chi connectivity index (χ1v) is 6.85. The minimum atomic E-state index is -0.947. The lowest BCUT2D eigenvalue weighted by Gasteiger charge is -2.12. The van der Waals surface area contributed by atoms with Crippen molar-refractivity contribution >= 4 is 34.7 Å². The predicted molar refractivity (Wildman–Crippen MR) is 89.2 cm³/mol. The molecule has 0 amide bonds. The zero-order chi connectivity index (χ0) is 15.4. The SMILES string of the molecule is Cc1ccc(NC(=S)Nc2ccc(C(=O)O)cc2)cc1C. The fourth-order valence-electron chi connectivity index (χ4n) is 1.81. The number of aromatic carboxylic acids is 1. The number of hydrogen-bond acceptors (Lipinski definition) is 2. The summed E-state index contributed by atoms with van der Waals surface area (Å²) in [5.74, 6) is -0.947. The van der Waals surface area contributed by atoms with Crippen LogP contribution in [0.2, 0.25) is 0 Å². The average molecular weight is 300 g/mol. The highest BCUT2D eigenvalue weighted by Gasteiger charge is 2.03. The maximum atomic E-state index is 10.8. The van der Waals surface area contributed by atoms with Gasteiger partial charge in [-0.25, -0.2) is 4.79 Å². The third-order valence-corrected chi connectivity index (χ3v) is 3.36. The summed E-state index contributed by atoms with van der Waals surface area (Å²) >= 11 is 5.24. The van der Waals surface area contributed by atoms with Gasteiger partial charge < -0.3 is 15.7 Å². The Kier molecular flexibility index (Phi) is 4.55. The second-order valence-corrected chi connectivity index (χ2v) is 5.17. The Morgan fingerprint density at radius 3 is 2.10 bits per heavy atom. The Hall–Kier alpha value is -2.40. The summed E-state index contributed by atoms with van der Waals surface area (Å²) in [5, 5.41) is 15.4. The van der Waals surface area contributed by atoms with Crippen LogP contribution in [0.25, 0.3) is 0 Å². The second-order valence-electron chi connectivity index (χ2n) is 4.76. The first kappa shape index (κ1) is 15.0. The van der Waals surface area contributed by atoms with Crippen molar-refractivity contribution in [3.63, 3.8) is 0 Å². The summed E-state index contributed by atoms with van der Waals surface area (Å²) in [6.07, 6.45) is 0. The van der Waals surface area contributed by atoms with Crippen molar-refractivity contribution in [3.05, 3.63) is 59.2 Å². The number of aryl methyl sites for hydroxylation is 2. The Morgan fingerprint density at radius 1 is 0.952 bits per heavy atom. The van der Waals surface area contributed by atoms with Crippen molar-refractivity contribution in [3.8, 4) is 0 Å². The molecule has 0 bridgehead atoms. The van der Waals surface area contributed by atoms with Gasteiger partial charge in [-0.05, 0) is 73.6 Å². The quantitative estimate of drug-likeness (QED) is 0.752. The van der Waals surface area contributed by atoms with Gasteiger partial charge in [0, 0.05) is 11.4 Å². The molecule has 21 heavy (non-hydrogen) atoms. The van der Waals surface area contributed by atoms with Crippen LogP contribution in [-0.2, 0) is 0 Å². The van der Waals surface area contributed by atoms with Gasteiger partial charge >= 0.3 is 5.97 Å². The van der Waals surface area contributed by atoms with Crippen LogP contribution in [0.1, 0.15) is 21.5 Å². The molecule has 0 aromatic heterocycles. The van der Waals surface area contributed by atoms with Gasteiger partial charge in [-0.3, -0.25) is 0 Å². The van der Waals surface area contributed by atoms with E-state index in [-0.39, 0.29) is 5.56 Å². The lowest BCUT2D eigenvalue weighted by molar-refractivity contribution is 0.0697. The normalized spacial score (nSPS) is 10.0. The van der Waals surface area contributed by atoms with Crippen molar-refractivity contribution in [2.24, 2.45) is 0 Å². The van der Waals surface area contributed by atoms with E-state index in [2.05, 4.69) is 17.6 Å². The van der Waals surface area contributed by atoms with E-state index in [9.17, 15) is 4.79 Å². The fourth-order valence-corrected chi connectivity index (χ4v) is 2.04. The monoisotopic (exact) mass is 300 g/mol. The lowest BCUT2D eigenvalue weighted by atomic mass is 10.1. The van der Waals surface area contributed by atoms with E-state index in [1.165, 1.54) is 23.3 Å². The molecule has 0 atom stereocenters. The van der Waals surface area contributed by atoms with Crippen molar-refractivity contribution in [1.82, 2.24) is 0 Å². The molecule has 0 aliphatic carbocycles. The smallest absolute Gasteiger partial charge is 0.335 e. The maximum Gasteiger partial charge on any atom is 0.335 e. The molecule has 5 heteroatoms. The topological polar surface area (TPSA) is 61.4 Å². The number of hydrogen-bond donors (Lipinski definition) is 3. The van der Waals surface area contributed by atoms with Crippen molar-refractivity contribution in [2.45, 2.75) is 13.8 Å². The van der Waals surface area contributed by atoms with Crippen LogP contribution in [0.4, 0.5) is 11.4 Å². The van der Waals surface area contributed by atoms with Gasteiger partial charge in [0.15, 0.2) is 5.11 Å². The van der Waals surface area contributed by atoms with Crippen LogP contribution in [0.5, 0.6) is 0 Å². The summed E-state index contributed by atoms with van der Waals surface area (Å²) in [4.78, 5) is 10.8. The molecule has 0 saturated heterocycles. The molecule has 108 valence electrons. The molecule has 3 N–H and O–H groups in total. The molecule has 2 aromatic rings. The molecule has 4 nitrogen and oxygen atoms in total. The zero-order valence-corrected chi connectivity index (χ0v) is 12.6. The highest BCUT2D eigenvalue weighted by atomic mass is 32.1. The fraction of sp³-hybridized carbons (Fsp3) is 0.125. The summed E-state index contributed by atoms with van der Waals surface area (Å²) < 4.78 is 0. The standard InChI is InChI=1S/C16H16N2O2S/c1-10-3-6-14(9-11(10)2)18-16(21)17-13-7-4-12(5-8-13)15(19)20/h3-9H,1-2H3,(H,19,20)(H2,17,18,21). The number of carboxylic acids is 1. The van der Waals surface area contributed by atoms with Gasteiger partial charge in [-0.2, -0.15) is 0 Å². The maximum absolute atomic E-state index is 10.8. The Bertz CT molecular complexity index is 681. The average Bonchev–Trinajstić information content (AvgIpc) is 2.43. The Labute approximate surface area is 128 Å². The molecule has 2 rings (SSSR count). The highest BCUT2D eigenvalue weighted by molar-refractivity contribution is 7.80. The van der Waals surface area contributed by atoms with Crippen LogP contribution in [0, 0.1) is 13.8 Å². The van der Waals surface area contributed by atoms with Crippen molar-refractivity contribution in [2.75, 3.05) is 10.6 Å². The van der Waals surface area contributed by atoms with Crippen LogP contribution < -0.4 is 10.6 Å². The molecular weight excluding hydrogens is 284 g/mol. The Morgan fingerprint density at radius 2 is 1.52 bits per heavy atom. The van der Waals surface area contributed by atoms with Crippen LogP contribution in [0.15, 0.2) is 42.5 Å². The molecule has 0 radical (unpaired) electrons. The van der Waals surface area contributed by atoms with Gasteiger partial charge in [0.2, 0.25) is 0 Å². The molecule has 0 heterocycles. The van der Waals surface area contributed by atoms with Crippen LogP contribution in [-0.4, -0.2) is 16.2 Å². The number of carboxylic acid groups (broad SMARTS) is 1. The second kappa shape index (κ2) is 6.37. The number of rotatable bonds is 3. The number of nitrogens with one attached hydrogen (secondary N) is 2. The van der Waals surface area contributed by atoms with Gasteiger partial charge in [0.1, 0.15) is 0 Å². The predicted octanol–water partition coefficient (Wildman–Crippen LogP) is 3.81. The first-order valence-electron chi connectivity index (χ1n) is 6.44. The van der Waals surface area contributed by atoms with Crippen molar-refractivity contribution in [1.29, 1.82) is 0 Å². The van der Waals surface area contributed by atoms with Gasteiger partial charge in [-0.15, -0.1) is 0 Å². The first-order chi connectivity index (χ1) is 9.95. The lowest BCUT2D eigenvalue weighted by Crippen LogP contribution is -2.19.